The number of para-hydroxylation sites is 1. The molecule has 1 atom stereocenters. The number of benzene rings is 4. The van der Waals surface area contributed by atoms with Gasteiger partial charge in [-0.05, 0) is 61.0 Å². The van der Waals surface area contributed by atoms with Crippen molar-refractivity contribution in [1.82, 2.24) is 4.57 Å². The molecule has 0 unspecified atom stereocenters. The van der Waals surface area contributed by atoms with Crippen molar-refractivity contribution in [2.24, 2.45) is 0 Å². The van der Waals surface area contributed by atoms with E-state index in [1.165, 1.54) is 13.0 Å². The summed E-state index contributed by atoms with van der Waals surface area (Å²) in [6, 6.07) is 24.4. The molecule has 6 heteroatoms. The fraction of sp³-hybridized carbons (Fsp3) is 0.143. The first-order valence-corrected chi connectivity index (χ1v) is 11.2. The average Bonchev–Trinajstić information content (AvgIpc) is 3.16. The van der Waals surface area contributed by atoms with Crippen molar-refractivity contribution in [3.8, 4) is 5.75 Å². The lowest BCUT2D eigenvalue weighted by atomic mass is 10.1. The highest BCUT2D eigenvalue weighted by atomic mass is 16.5. The molecule has 0 spiro atoms. The molecular formula is C28H24N2O4. The van der Waals surface area contributed by atoms with Crippen LogP contribution in [0.5, 0.6) is 5.75 Å². The van der Waals surface area contributed by atoms with Crippen LogP contribution < -0.4 is 5.32 Å². The molecular weight excluding hydrogens is 428 g/mol. The van der Waals surface area contributed by atoms with Crippen molar-refractivity contribution in [3.63, 3.8) is 0 Å². The number of phenolic OH excluding ortho intramolecular Hbond substituents is 1. The van der Waals surface area contributed by atoms with Gasteiger partial charge in [0.15, 0.2) is 6.10 Å². The molecule has 1 heterocycles. The van der Waals surface area contributed by atoms with Gasteiger partial charge in [0.2, 0.25) is 0 Å². The Kier molecular flexibility index (Phi) is 5.42. The van der Waals surface area contributed by atoms with Crippen LogP contribution >= 0.6 is 0 Å². The Hall–Kier alpha value is -4.32. The number of aromatic hydroxyl groups is 1. The van der Waals surface area contributed by atoms with E-state index in [0.29, 0.717) is 5.69 Å². The Labute approximate surface area is 196 Å². The van der Waals surface area contributed by atoms with Gasteiger partial charge < -0.3 is 19.7 Å². The number of phenols is 1. The van der Waals surface area contributed by atoms with Crippen LogP contribution in [-0.4, -0.2) is 27.7 Å². The smallest absolute Gasteiger partial charge is 0.342 e. The summed E-state index contributed by atoms with van der Waals surface area (Å²) in [5.41, 5.74) is 2.87. The van der Waals surface area contributed by atoms with E-state index in [2.05, 4.69) is 28.9 Å². The first-order valence-electron chi connectivity index (χ1n) is 11.2. The average molecular weight is 453 g/mol. The predicted molar refractivity (Wildman–Crippen MR) is 134 cm³/mol. The second-order valence-corrected chi connectivity index (χ2v) is 8.25. The lowest BCUT2D eigenvalue weighted by Gasteiger charge is -2.15. The van der Waals surface area contributed by atoms with Crippen LogP contribution in [0, 0.1) is 0 Å². The molecule has 170 valence electrons. The van der Waals surface area contributed by atoms with Gasteiger partial charge >= 0.3 is 5.97 Å². The third-order valence-corrected chi connectivity index (χ3v) is 6.09. The number of hydrogen-bond donors (Lipinski definition) is 2. The maximum atomic E-state index is 12.8. The number of nitrogens with one attached hydrogen (secondary N) is 1. The maximum absolute atomic E-state index is 12.8. The molecule has 0 aliphatic carbocycles. The monoisotopic (exact) mass is 452 g/mol. The fourth-order valence-corrected chi connectivity index (χ4v) is 4.39. The first-order chi connectivity index (χ1) is 16.5. The molecule has 0 bridgehead atoms. The highest BCUT2D eigenvalue weighted by Crippen LogP contribution is 2.31. The van der Waals surface area contributed by atoms with Crippen LogP contribution in [0.15, 0.2) is 78.9 Å². The van der Waals surface area contributed by atoms with Gasteiger partial charge in [0.05, 0.1) is 0 Å². The topological polar surface area (TPSA) is 80.6 Å². The van der Waals surface area contributed by atoms with Crippen LogP contribution in [0.25, 0.3) is 32.6 Å². The molecule has 0 saturated heterocycles. The number of fused-ring (bicyclic) bond motifs is 4. The van der Waals surface area contributed by atoms with Crippen LogP contribution in [0.1, 0.15) is 24.2 Å². The second-order valence-electron chi connectivity index (χ2n) is 8.25. The number of nitrogens with zero attached hydrogens (tertiary/aromatic N) is 1. The number of carbonyl (C=O) groups excluding carboxylic acids is 2. The lowest BCUT2D eigenvalue weighted by Crippen LogP contribution is -2.30. The van der Waals surface area contributed by atoms with E-state index >= 15 is 0 Å². The normalized spacial score (nSPS) is 12.2. The van der Waals surface area contributed by atoms with Gasteiger partial charge in [0.25, 0.3) is 5.91 Å². The molecule has 0 saturated carbocycles. The van der Waals surface area contributed by atoms with Gasteiger partial charge in [0.1, 0.15) is 11.3 Å². The number of carbonyl (C=O) groups is 2. The van der Waals surface area contributed by atoms with Gasteiger partial charge in [-0.15, -0.1) is 0 Å². The molecule has 1 aromatic heterocycles. The molecule has 34 heavy (non-hydrogen) atoms. The minimum absolute atomic E-state index is 0.0205. The van der Waals surface area contributed by atoms with Crippen LogP contribution in [0.4, 0.5) is 5.69 Å². The SMILES string of the molecule is CCn1c2ccccc2c2cc(NC(=O)[C@H](C)OC(=O)c3cc4ccccc4cc3O)ccc21. The number of aryl methyl sites for hydroxylation is 1. The predicted octanol–water partition coefficient (Wildman–Crippen LogP) is 5.86. The van der Waals surface area contributed by atoms with Crippen molar-refractivity contribution in [2.75, 3.05) is 5.32 Å². The van der Waals surface area contributed by atoms with E-state index in [9.17, 15) is 14.7 Å². The quantitative estimate of drug-likeness (QED) is 0.328. The van der Waals surface area contributed by atoms with E-state index in [1.54, 1.807) is 6.07 Å². The van der Waals surface area contributed by atoms with Crippen LogP contribution in [0.3, 0.4) is 0 Å². The van der Waals surface area contributed by atoms with E-state index in [1.807, 2.05) is 54.6 Å². The van der Waals surface area contributed by atoms with Crippen molar-refractivity contribution >= 4 is 50.1 Å². The number of rotatable bonds is 5. The van der Waals surface area contributed by atoms with E-state index in [-0.39, 0.29) is 11.3 Å². The lowest BCUT2D eigenvalue weighted by molar-refractivity contribution is -0.123. The molecule has 4 aromatic carbocycles. The van der Waals surface area contributed by atoms with E-state index in [4.69, 9.17) is 4.74 Å². The van der Waals surface area contributed by atoms with Gasteiger partial charge in [0, 0.05) is 34.0 Å². The summed E-state index contributed by atoms with van der Waals surface area (Å²) in [7, 11) is 0. The zero-order chi connectivity index (χ0) is 23.8. The van der Waals surface area contributed by atoms with E-state index in [0.717, 1.165) is 39.1 Å². The maximum Gasteiger partial charge on any atom is 0.342 e. The number of amides is 1. The minimum Gasteiger partial charge on any atom is -0.507 e. The summed E-state index contributed by atoms with van der Waals surface area (Å²) >= 11 is 0. The van der Waals surface area contributed by atoms with Crippen LogP contribution in [-0.2, 0) is 16.1 Å². The Morgan fingerprint density at radius 1 is 0.912 bits per heavy atom. The number of esters is 1. The number of hydrogen-bond acceptors (Lipinski definition) is 4. The molecule has 0 aliphatic heterocycles. The summed E-state index contributed by atoms with van der Waals surface area (Å²) < 4.78 is 7.60. The summed E-state index contributed by atoms with van der Waals surface area (Å²) in [5.74, 6) is -1.39. The number of ether oxygens (including phenoxy) is 1. The summed E-state index contributed by atoms with van der Waals surface area (Å²) in [4.78, 5) is 25.5. The standard InChI is InChI=1S/C28H24N2O4/c1-3-30-24-11-7-6-10-21(24)22-16-20(12-13-25(22)30)29-27(32)17(2)34-28(33)23-14-18-8-4-5-9-19(18)15-26(23)31/h4-17,31H,3H2,1-2H3,(H,29,32)/t17-/m0/s1. The first kappa shape index (κ1) is 21.5. The third kappa shape index (κ3) is 3.73. The number of aromatic nitrogens is 1. The molecule has 0 radical (unpaired) electrons. The Bertz CT molecular complexity index is 1570. The molecule has 0 fully saturated rings. The minimum atomic E-state index is -1.05. The van der Waals surface area contributed by atoms with Gasteiger partial charge in [-0.1, -0.05) is 42.5 Å². The Balaban J connectivity index is 1.35. The fourth-order valence-electron chi connectivity index (χ4n) is 4.39. The molecule has 6 nitrogen and oxygen atoms in total. The van der Waals surface area contributed by atoms with Crippen molar-refractivity contribution < 1.29 is 19.4 Å². The van der Waals surface area contributed by atoms with Crippen molar-refractivity contribution in [1.29, 1.82) is 0 Å². The summed E-state index contributed by atoms with van der Waals surface area (Å²) in [5, 5.41) is 16.9. The van der Waals surface area contributed by atoms with Gasteiger partial charge in [-0.25, -0.2) is 4.79 Å². The van der Waals surface area contributed by atoms with Crippen LogP contribution in [0.2, 0.25) is 0 Å². The second kappa shape index (κ2) is 8.56. The van der Waals surface area contributed by atoms with E-state index < -0.39 is 18.0 Å². The number of anilines is 1. The van der Waals surface area contributed by atoms with Gasteiger partial charge in [-0.3, -0.25) is 4.79 Å². The Morgan fingerprint density at radius 3 is 2.35 bits per heavy atom. The molecule has 5 aromatic rings. The van der Waals surface area contributed by atoms with Crippen molar-refractivity contribution in [3.05, 3.63) is 84.4 Å². The highest BCUT2D eigenvalue weighted by Gasteiger charge is 2.22. The van der Waals surface area contributed by atoms with Crippen molar-refractivity contribution in [2.45, 2.75) is 26.5 Å². The molecule has 0 aliphatic rings. The largest absolute Gasteiger partial charge is 0.507 e. The van der Waals surface area contributed by atoms with Gasteiger partial charge in [-0.2, -0.15) is 0 Å². The zero-order valence-corrected chi connectivity index (χ0v) is 18.9. The zero-order valence-electron chi connectivity index (χ0n) is 18.9. The summed E-state index contributed by atoms with van der Waals surface area (Å²) in [6.45, 7) is 4.45. The Morgan fingerprint density at radius 2 is 1.59 bits per heavy atom. The molecule has 5 rings (SSSR count). The molecule has 2 N–H and O–H groups in total. The summed E-state index contributed by atoms with van der Waals surface area (Å²) in [6.07, 6.45) is -1.05. The third-order valence-electron chi connectivity index (χ3n) is 6.09. The highest BCUT2D eigenvalue weighted by molar-refractivity contribution is 6.10. The molecule has 1 amide bonds.